The fourth-order valence-corrected chi connectivity index (χ4v) is 1.85. The Balaban J connectivity index is 1.99. The van der Waals surface area contributed by atoms with Gasteiger partial charge in [-0.1, -0.05) is 12.8 Å². The van der Waals surface area contributed by atoms with Crippen LogP contribution in [0.3, 0.4) is 0 Å². The number of carboxylic acid groups (broad SMARTS) is 1. The van der Waals surface area contributed by atoms with E-state index in [0.29, 0.717) is 12.4 Å². The van der Waals surface area contributed by atoms with Crippen molar-refractivity contribution in [1.82, 2.24) is 0 Å². The summed E-state index contributed by atoms with van der Waals surface area (Å²) >= 11 is 3.34. The standard InChI is InChI=1S/C12H13BrO3/c13-10-4-3-9(12(14)15)7-11(10)16-6-5-8-1-2-8/h3-4,7-8H,1-2,5-6H2,(H,14,15). The second kappa shape index (κ2) is 4.87. The summed E-state index contributed by atoms with van der Waals surface area (Å²) in [7, 11) is 0. The lowest BCUT2D eigenvalue weighted by Gasteiger charge is -2.08. The Morgan fingerprint density at radius 1 is 1.50 bits per heavy atom. The van der Waals surface area contributed by atoms with Crippen LogP contribution in [0.15, 0.2) is 22.7 Å². The minimum absolute atomic E-state index is 0.254. The molecule has 0 spiro atoms. The molecule has 0 aromatic heterocycles. The molecule has 1 N–H and O–H groups in total. The largest absolute Gasteiger partial charge is 0.492 e. The van der Waals surface area contributed by atoms with Gasteiger partial charge in [-0.25, -0.2) is 4.79 Å². The Morgan fingerprint density at radius 3 is 2.88 bits per heavy atom. The van der Waals surface area contributed by atoms with E-state index in [-0.39, 0.29) is 5.56 Å². The molecule has 0 saturated heterocycles. The Kier molecular flexibility index (Phi) is 3.49. The molecule has 1 saturated carbocycles. The van der Waals surface area contributed by atoms with Gasteiger partial charge in [-0.05, 0) is 46.5 Å². The highest BCUT2D eigenvalue weighted by atomic mass is 79.9. The quantitative estimate of drug-likeness (QED) is 0.902. The van der Waals surface area contributed by atoms with Crippen molar-refractivity contribution < 1.29 is 14.6 Å². The summed E-state index contributed by atoms with van der Waals surface area (Å²) in [6.45, 7) is 0.659. The zero-order valence-electron chi connectivity index (χ0n) is 8.78. The summed E-state index contributed by atoms with van der Waals surface area (Å²) in [5.41, 5.74) is 0.254. The summed E-state index contributed by atoms with van der Waals surface area (Å²) in [6.07, 6.45) is 3.67. The summed E-state index contributed by atoms with van der Waals surface area (Å²) in [5, 5.41) is 8.85. The van der Waals surface area contributed by atoms with Gasteiger partial charge in [0.25, 0.3) is 0 Å². The van der Waals surface area contributed by atoms with Crippen LogP contribution in [-0.4, -0.2) is 17.7 Å². The van der Waals surface area contributed by atoms with Gasteiger partial charge in [0, 0.05) is 0 Å². The van der Waals surface area contributed by atoms with Crippen molar-refractivity contribution in [2.24, 2.45) is 5.92 Å². The average molecular weight is 285 g/mol. The third-order valence-corrected chi connectivity index (χ3v) is 3.31. The predicted molar refractivity (Wildman–Crippen MR) is 63.9 cm³/mol. The van der Waals surface area contributed by atoms with Crippen LogP contribution in [0.1, 0.15) is 29.6 Å². The molecule has 1 fully saturated rings. The second-order valence-electron chi connectivity index (χ2n) is 4.03. The lowest BCUT2D eigenvalue weighted by Crippen LogP contribution is -2.01. The van der Waals surface area contributed by atoms with E-state index in [1.165, 1.54) is 12.8 Å². The van der Waals surface area contributed by atoms with Gasteiger partial charge in [0.2, 0.25) is 0 Å². The molecule has 1 aliphatic carbocycles. The van der Waals surface area contributed by atoms with Gasteiger partial charge in [0.05, 0.1) is 16.6 Å². The molecular weight excluding hydrogens is 272 g/mol. The Labute approximate surface area is 103 Å². The van der Waals surface area contributed by atoms with Crippen LogP contribution in [0.5, 0.6) is 5.75 Å². The van der Waals surface area contributed by atoms with E-state index >= 15 is 0 Å². The van der Waals surface area contributed by atoms with Crippen LogP contribution in [0.4, 0.5) is 0 Å². The normalized spacial score (nSPS) is 14.8. The van der Waals surface area contributed by atoms with E-state index in [2.05, 4.69) is 15.9 Å². The highest BCUT2D eigenvalue weighted by Gasteiger charge is 2.20. The van der Waals surface area contributed by atoms with Crippen molar-refractivity contribution >= 4 is 21.9 Å². The topological polar surface area (TPSA) is 46.5 Å². The van der Waals surface area contributed by atoms with Gasteiger partial charge < -0.3 is 9.84 Å². The maximum absolute atomic E-state index is 10.8. The molecule has 0 atom stereocenters. The van der Waals surface area contributed by atoms with Gasteiger partial charge in [-0.2, -0.15) is 0 Å². The molecule has 2 rings (SSSR count). The zero-order valence-corrected chi connectivity index (χ0v) is 10.4. The first kappa shape index (κ1) is 11.5. The van der Waals surface area contributed by atoms with Crippen molar-refractivity contribution in [3.8, 4) is 5.75 Å². The van der Waals surface area contributed by atoms with Crippen molar-refractivity contribution in [2.45, 2.75) is 19.3 Å². The fourth-order valence-electron chi connectivity index (χ4n) is 1.49. The minimum Gasteiger partial charge on any atom is -0.492 e. The Hall–Kier alpha value is -1.03. The molecule has 3 nitrogen and oxygen atoms in total. The lowest BCUT2D eigenvalue weighted by molar-refractivity contribution is 0.0696. The molecular formula is C12H13BrO3. The predicted octanol–water partition coefficient (Wildman–Crippen LogP) is 3.33. The first-order valence-electron chi connectivity index (χ1n) is 5.32. The number of aromatic carboxylic acids is 1. The van der Waals surface area contributed by atoms with Crippen LogP contribution in [-0.2, 0) is 0 Å². The number of rotatable bonds is 5. The summed E-state index contributed by atoms with van der Waals surface area (Å²) in [5.74, 6) is 0.501. The number of carbonyl (C=O) groups is 1. The van der Waals surface area contributed by atoms with Gasteiger partial charge in [-0.3, -0.25) is 0 Å². The number of carboxylic acids is 1. The van der Waals surface area contributed by atoms with Crippen molar-refractivity contribution in [3.05, 3.63) is 28.2 Å². The van der Waals surface area contributed by atoms with E-state index in [0.717, 1.165) is 16.8 Å². The molecule has 0 radical (unpaired) electrons. The zero-order chi connectivity index (χ0) is 11.5. The number of ether oxygens (including phenoxy) is 1. The third-order valence-electron chi connectivity index (χ3n) is 2.66. The Morgan fingerprint density at radius 2 is 2.25 bits per heavy atom. The van der Waals surface area contributed by atoms with E-state index < -0.39 is 5.97 Å². The van der Waals surface area contributed by atoms with Crippen LogP contribution < -0.4 is 4.74 Å². The van der Waals surface area contributed by atoms with Gasteiger partial charge in [-0.15, -0.1) is 0 Å². The number of halogens is 1. The number of hydrogen-bond donors (Lipinski definition) is 1. The monoisotopic (exact) mass is 284 g/mol. The van der Waals surface area contributed by atoms with Gasteiger partial charge >= 0.3 is 5.97 Å². The minimum atomic E-state index is -0.931. The molecule has 1 aromatic carbocycles. The molecule has 0 heterocycles. The Bertz CT molecular complexity index is 399. The number of hydrogen-bond acceptors (Lipinski definition) is 2. The first-order valence-corrected chi connectivity index (χ1v) is 6.12. The fraction of sp³-hybridized carbons (Fsp3) is 0.417. The van der Waals surface area contributed by atoms with Crippen molar-refractivity contribution in [3.63, 3.8) is 0 Å². The molecule has 0 bridgehead atoms. The smallest absolute Gasteiger partial charge is 0.335 e. The van der Waals surface area contributed by atoms with Crippen LogP contribution >= 0.6 is 15.9 Å². The van der Waals surface area contributed by atoms with Gasteiger partial charge in [0.15, 0.2) is 0 Å². The van der Waals surface area contributed by atoms with Gasteiger partial charge in [0.1, 0.15) is 5.75 Å². The third kappa shape index (κ3) is 2.98. The van der Waals surface area contributed by atoms with E-state index in [4.69, 9.17) is 9.84 Å². The summed E-state index contributed by atoms with van der Waals surface area (Å²) in [6, 6.07) is 4.81. The first-order chi connectivity index (χ1) is 7.66. The molecule has 16 heavy (non-hydrogen) atoms. The lowest BCUT2D eigenvalue weighted by atomic mass is 10.2. The SMILES string of the molecule is O=C(O)c1ccc(Br)c(OCCC2CC2)c1. The maximum Gasteiger partial charge on any atom is 0.335 e. The highest BCUT2D eigenvalue weighted by molar-refractivity contribution is 9.10. The molecule has 4 heteroatoms. The summed E-state index contributed by atoms with van der Waals surface area (Å²) < 4.78 is 6.37. The maximum atomic E-state index is 10.8. The van der Waals surface area contributed by atoms with Crippen LogP contribution in [0.25, 0.3) is 0 Å². The molecule has 0 unspecified atom stereocenters. The van der Waals surface area contributed by atoms with E-state index in [1.54, 1.807) is 18.2 Å². The van der Waals surface area contributed by atoms with Crippen molar-refractivity contribution in [2.75, 3.05) is 6.61 Å². The molecule has 0 aliphatic heterocycles. The van der Waals surface area contributed by atoms with Crippen LogP contribution in [0, 0.1) is 5.92 Å². The summed E-state index contributed by atoms with van der Waals surface area (Å²) in [4.78, 5) is 10.8. The van der Waals surface area contributed by atoms with E-state index in [1.807, 2.05) is 0 Å². The molecule has 86 valence electrons. The van der Waals surface area contributed by atoms with E-state index in [9.17, 15) is 4.79 Å². The number of benzene rings is 1. The van der Waals surface area contributed by atoms with Crippen molar-refractivity contribution in [1.29, 1.82) is 0 Å². The molecule has 0 amide bonds. The molecule has 1 aromatic rings. The van der Waals surface area contributed by atoms with Crippen LogP contribution in [0.2, 0.25) is 0 Å². The molecule has 1 aliphatic rings. The average Bonchev–Trinajstić information content (AvgIpc) is 3.04. The second-order valence-corrected chi connectivity index (χ2v) is 4.89. The highest BCUT2D eigenvalue weighted by Crippen LogP contribution is 2.33.